The Morgan fingerprint density at radius 1 is 0.884 bits per heavy atom. The molecule has 1 aliphatic carbocycles. The molecule has 3 aliphatic rings. The summed E-state index contributed by atoms with van der Waals surface area (Å²) in [6, 6.07) is 20.8. The van der Waals surface area contributed by atoms with Gasteiger partial charge < -0.3 is 14.4 Å². The first kappa shape index (κ1) is 27.1. The number of halogens is 2. The summed E-state index contributed by atoms with van der Waals surface area (Å²) in [4.78, 5) is 46.2. The van der Waals surface area contributed by atoms with E-state index in [1.54, 1.807) is 84.9 Å². The van der Waals surface area contributed by atoms with E-state index in [4.69, 9.17) is 21.1 Å². The van der Waals surface area contributed by atoms with Crippen molar-refractivity contribution >= 4 is 40.7 Å². The van der Waals surface area contributed by atoms with Crippen molar-refractivity contribution in [1.82, 2.24) is 0 Å². The van der Waals surface area contributed by atoms with Gasteiger partial charge in [0, 0.05) is 44.4 Å². The van der Waals surface area contributed by atoms with Crippen molar-refractivity contribution in [3.8, 4) is 11.5 Å². The number of benzene rings is 4. The minimum Gasteiger partial charge on any atom is -0.497 e. The predicted molar refractivity (Wildman–Crippen MR) is 161 cm³/mol. The van der Waals surface area contributed by atoms with Gasteiger partial charge in [0.25, 0.3) is 0 Å². The SMILES string of the molecule is COc1ccc(OC)c([C@@H]2[C@H](C(=O)c3ccc(Cl)cc3)N3c4ccc(F)cc4C=C[C@H]3C23C(=O)c2ccccc2C3=O)c1. The Morgan fingerprint density at radius 2 is 1.58 bits per heavy atom. The van der Waals surface area contributed by atoms with Crippen LogP contribution >= 0.6 is 11.6 Å². The molecule has 0 radical (unpaired) electrons. The van der Waals surface area contributed by atoms with E-state index in [9.17, 15) is 18.8 Å². The van der Waals surface area contributed by atoms with Gasteiger partial charge in [0.2, 0.25) is 0 Å². The fourth-order valence-electron chi connectivity index (χ4n) is 7.16. The Labute approximate surface area is 252 Å². The van der Waals surface area contributed by atoms with E-state index in [1.165, 1.54) is 26.4 Å². The molecular weight excluding hydrogens is 569 g/mol. The fraction of sp³-hybridized carbons (Fsp3) is 0.171. The minimum absolute atomic E-state index is 0.303. The lowest BCUT2D eigenvalue weighted by atomic mass is 9.64. The molecule has 0 aromatic heterocycles. The second-order valence-corrected chi connectivity index (χ2v) is 11.3. The number of fused-ring (bicyclic) bond motifs is 5. The van der Waals surface area contributed by atoms with Crippen LogP contribution in [0.5, 0.6) is 11.5 Å². The molecular formula is C35H25ClFNO5. The van der Waals surface area contributed by atoms with Gasteiger partial charge in [-0.25, -0.2) is 4.39 Å². The van der Waals surface area contributed by atoms with Gasteiger partial charge in [-0.2, -0.15) is 0 Å². The van der Waals surface area contributed by atoms with Crippen molar-refractivity contribution in [2.45, 2.75) is 18.0 Å². The summed E-state index contributed by atoms with van der Waals surface area (Å²) in [6.45, 7) is 0. The highest BCUT2D eigenvalue weighted by molar-refractivity contribution is 6.32. The lowest BCUT2D eigenvalue weighted by Gasteiger charge is -2.37. The van der Waals surface area contributed by atoms with E-state index in [-0.39, 0.29) is 17.3 Å². The molecule has 2 aliphatic heterocycles. The zero-order valence-electron chi connectivity index (χ0n) is 23.2. The predicted octanol–water partition coefficient (Wildman–Crippen LogP) is 6.81. The van der Waals surface area contributed by atoms with Crippen molar-refractivity contribution in [2.24, 2.45) is 5.41 Å². The third-order valence-electron chi connectivity index (χ3n) is 8.94. The third kappa shape index (κ3) is 3.74. The van der Waals surface area contributed by atoms with Gasteiger partial charge in [0.15, 0.2) is 17.3 Å². The van der Waals surface area contributed by atoms with Gasteiger partial charge >= 0.3 is 0 Å². The van der Waals surface area contributed by atoms with Crippen molar-refractivity contribution in [1.29, 1.82) is 0 Å². The van der Waals surface area contributed by atoms with Crippen molar-refractivity contribution in [2.75, 3.05) is 19.1 Å². The van der Waals surface area contributed by atoms with Crippen molar-refractivity contribution in [3.63, 3.8) is 0 Å². The fourth-order valence-corrected chi connectivity index (χ4v) is 7.28. The van der Waals surface area contributed by atoms with Crippen LogP contribution in [-0.4, -0.2) is 43.7 Å². The number of ether oxygens (including phenoxy) is 2. The van der Waals surface area contributed by atoms with Crippen LogP contribution < -0.4 is 14.4 Å². The third-order valence-corrected chi connectivity index (χ3v) is 9.19. The number of Topliss-reactive ketones (excluding diaryl/α,β-unsaturated/α-hetero) is 3. The Kier molecular flexibility index (Phi) is 6.25. The smallest absolute Gasteiger partial charge is 0.185 e. The summed E-state index contributed by atoms with van der Waals surface area (Å²) >= 11 is 6.17. The zero-order valence-corrected chi connectivity index (χ0v) is 24.0. The van der Waals surface area contributed by atoms with E-state index >= 15 is 0 Å². The second-order valence-electron chi connectivity index (χ2n) is 10.9. The number of hydrogen-bond acceptors (Lipinski definition) is 6. The quantitative estimate of drug-likeness (QED) is 0.187. The van der Waals surface area contributed by atoms with Gasteiger partial charge in [-0.3, -0.25) is 14.4 Å². The van der Waals surface area contributed by atoms with E-state index in [1.807, 2.05) is 4.90 Å². The number of rotatable bonds is 5. The van der Waals surface area contributed by atoms with Crippen molar-refractivity contribution in [3.05, 3.63) is 130 Å². The Hall–Kier alpha value is -4.75. The number of ketones is 3. The highest BCUT2D eigenvalue weighted by atomic mass is 35.5. The first-order valence-corrected chi connectivity index (χ1v) is 14.2. The van der Waals surface area contributed by atoms with Gasteiger partial charge in [0.1, 0.15) is 28.8 Å². The summed E-state index contributed by atoms with van der Waals surface area (Å²) < 4.78 is 25.8. The number of carbonyl (C=O) groups is 3. The van der Waals surface area contributed by atoms with Crippen LogP contribution in [0.2, 0.25) is 5.02 Å². The molecule has 1 fully saturated rings. The molecule has 4 aromatic rings. The van der Waals surface area contributed by atoms with Crippen LogP contribution in [0.15, 0.2) is 91.0 Å². The molecule has 4 aromatic carbocycles. The Morgan fingerprint density at radius 3 is 2.23 bits per heavy atom. The number of nitrogens with zero attached hydrogens (tertiary/aromatic N) is 1. The average molecular weight is 594 g/mol. The monoisotopic (exact) mass is 593 g/mol. The molecule has 1 spiro atoms. The largest absolute Gasteiger partial charge is 0.497 e. The summed E-state index contributed by atoms with van der Waals surface area (Å²) in [5.41, 5.74) is 0.782. The molecule has 214 valence electrons. The maximum absolute atomic E-state index is 14.8. The molecule has 0 amide bonds. The van der Waals surface area contributed by atoms with Gasteiger partial charge in [-0.05, 0) is 60.7 Å². The number of methoxy groups -OCH3 is 2. The van der Waals surface area contributed by atoms with Crippen LogP contribution in [-0.2, 0) is 0 Å². The molecule has 3 atom stereocenters. The molecule has 7 rings (SSSR count). The van der Waals surface area contributed by atoms with E-state index in [0.717, 1.165) is 0 Å². The molecule has 0 bridgehead atoms. The number of carbonyl (C=O) groups excluding carboxylic acids is 3. The summed E-state index contributed by atoms with van der Waals surface area (Å²) in [7, 11) is 3.02. The van der Waals surface area contributed by atoms with Crippen molar-refractivity contribution < 1.29 is 28.2 Å². The molecule has 1 saturated heterocycles. The lowest BCUT2D eigenvalue weighted by Crippen LogP contribution is -2.48. The maximum atomic E-state index is 14.8. The van der Waals surface area contributed by atoms with Gasteiger partial charge in [-0.1, -0.05) is 48.0 Å². The summed E-state index contributed by atoms with van der Waals surface area (Å²) in [5, 5.41) is 0.460. The van der Waals surface area contributed by atoms with Crippen LogP contribution in [0.1, 0.15) is 48.1 Å². The second kappa shape index (κ2) is 9.92. The molecule has 6 nitrogen and oxygen atoms in total. The highest BCUT2D eigenvalue weighted by Crippen LogP contribution is 2.62. The molecule has 0 N–H and O–H groups in total. The first-order chi connectivity index (χ1) is 20.8. The standard InChI is InChI=1S/C35H25ClFNO5/c1-42-23-13-15-28(43-2)26(18-23)30-31(32(39)19-7-10-21(36)11-8-19)38-27-14-12-22(37)17-20(27)9-16-29(38)35(30)33(40)24-5-3-4-6-25(24)34(35)41/h3-18,29-31H,1-2H3/t29-,30+,31+/m0/s1. The van der Waals surface area contributed by atoms with Crippen LogP contribution in [0.25, 0.3) is 6.08 Å². The highest BCUT2D eigenvalue weighted by Gasteiger charge is 2.72. The zero-order chi connectivity index (χ0) is 30.0. The Bertz CT molecular complexity index is 1830. The molecule has 0 saturated carbocycles. The molecule has 2 heterocycles. The van der Waals surface area contributed by atoms with E-state index in [0.29, 0.717) is 50.0 Å². The molecule has 43 heavy (non-hydrogen) atoms. The molecule has 0 unspecified atom stereocenters. The van der Waals surface area contributed by atoms with Gasteiger partial charge in [0.05, 0.1) is 20.3 Å². The Balaban J connectivity index is 1.58. The normalized spacial score (nSPS) is 21.0. The summed E-state index contributed by atoms with van der Waals surface area (Å²) in [5.74, 6) is -1.66. The van der Waals surface area contributed by atoms with E-state index < -0.39 is 29.2 Å². The van der Waals surface area contributed by atoms with Crippen LogP contribution in [0.3, 0.4) is 0 Å². The van der Waals surface area contributed by atoms with Crippen LogP contribution in [0, 0.1) is 11.2 Å². The maximum Gasteiger partial charge on any atom is 0.185 e. The van der Waals surface area contributed by atoms with E-state index in [2.05, 4.69) is 0 Å². The molecule has 8 heteroatoms. The minimum atomic E-state index is -1.74. The summed E-state index contributed by atoms with van der Waals surface area (Å²) in [6.07, 6.45) is 3.47. The first-order valence-electron chi connectivity index (χ1n) is 13.8. The van der Waals surface area contributed by atoms with Crippen LogP contribution in [0.4, 0.5) is 10.1 Å². The topological polar surface area (TPSA) is 72.9 Å². The average Bonchev–Trinajstić information content (AvgIpc) is 3.46. The van der Waals surface area contributed by atoms with Gasteiger partial charge in [-0.15, -0.1) is 0 Å². The lowest BCUT2D eigenvalue weighted by molar-refractivity contribution is 0.0664. The number of anilines is 1. The number of hydrogen-bond donors (Lipinski definition) is 0.